The van der Waals surface area contributed by atoms with Gasteiger partial charge in [0.1, 0.15) is 16.5 Å². The third-order valence-corrected chi connectivity index (χ3v) is 2.54. The zero-order valence-corrected chi connectivity index (χ0v) is 7.88. The molecule has 0 saturated carbocycles. The van der Waals surface area contributed by atoms with Crippen LogP contribution in [-0.4, -0.2) is 19.4 Å². The van der Waals surface area contributed by atoms with Crippen molar-refractivity contribution >= 4 is 15.9 Å². The molecule has 0 aliphatic rings. The minimum Gasteiger partial charge on any atom is -0.506 e. The third-order valence-electron chi connectivity index (χ3n) is 1.60. The highest BCUT2D eigenvalue weighted by Gasteiger charge is 2.17. The molecule has 6 N–H and O–H groups in total. The summed E-state index contributed by atoms with van der Waals surface area (Å²) < 4.78 is 21.9. The summed E-state index contributed by atoms with van der Waals surface area (Å²) in [5.74, 6) is -1.02. The number of hydrogen-bond donors (Lipinski definition) is 4. The van der Waals surface area contributed by atoms with Gasteiger partial charge in [-0.2, -0.15) is 0 Å². The maximum absolute atomic E-state index is 10.9. The molecule has 76 valence electrons. The predicted molar refractivity (Wildman–Crippen MR) is 50.5 cm³/mol. The molecule has 1 aromatic carbocycles. The highest BCUT2D eigenvalue weighted by Crippen LogP contribution is 2.24. The fourth-order valence-corrected chi connectivity index (χ4v) is 1.62. The number of nitrogens with two attached hydrogens (primary N) is 2. The molecular weight excluding hydrogens is 206 g/mol. The van der Waals surface area contributed by atoms with Crippen LogP contribution in [0.15, 0.2) is 23.1 Å². The van der Waals surface area contributed by atoms with E-state index in [0.29, 0.717) is 0 Å². The van der Waals surface area contributed by atoms with Crippen LogP contribution in [-0.2, 0) is 10.0 Å². The molecule has 6 nitrogen and oxygen atoms in total. The maximum atomic E-state index is 10.9. The van der Waals surface area contributed by atoms with Gasteiger partial charge in [-0.25, -0.2) is 13.6 Å². The smallest absolute Gasteiger partial charge is 0.241 e. The minimum absolute atomic E-state index is 0.0588. The molecule has 0 atom stereocenters. The number of primary sulfonamides is 1. The molecule has 0 fully saturated rings. The molecule has 0 saturated heterocycles. The Kier molecular flexibility index (Phi) is 2.45. The number of phenolic OH excluding ortho intramolecular Hbond substituents is 1. The summed E-state index contributed by atoms with van der Waals surface area (Å²) in [5.41, 5.74) is 5.06. The number of nitrogen functional groups attached to an aromatic ring is 1. The zero-order chi connectivity index (χ0) is 10.9. The van der Waals surface area contributed by atoms with Gasteiger partial charge in [0.2, 0.25) is 10.0 Å². The maximum Gasteiger partial charge on any atom is 0.241 e. The van der Waals surface area contributed by atoms with E-state index in [1.54, 1.807) is 0 Å². The van der Waals surface area contributed by atoms with Gasteiger partial charge in [-0.15, -0.1) is 0 Å². The molecule has 0 aliphatic carbocycles. The van der Waals surface area contributed by atoms with Crippen molar-refractivity contribution < 1.29 is 13.5 Å². The van der Waals surface area contributed by atoms with E-state index in [0.717, 1.165) is 6.07 Å². The lowest BCUT2D eigenvalue weighted by Crippen LogP contribution is -2.16. The van der Waals surface area contributed by atoms with E-state index >= 15 is 0 Å². The van der Waals surface area contributed by atoms with Crippen molar-refractivity contribution in [1.82, 2.24) is 0 Å². The van der Waals surface area contributed by atoms with Gasteiger partial charge in [0.15, 0.2) is 0 Å². The minimum atomic E-state index is -3.99. The summed E-state index contributed by atoms with van der Waals surface area (Å²) in [5, 5.41) is 21.3. The summed E-state index contributed by atoms with van der Waals surface area (Å²) in [7, 11) is -3.99. The molecular formula is C7H9N3O3S. The fourth-order valence-electron chi connectivity index (χ4n) is 0.969. The second-order valence-electron chi connectivity index (χ2n) is 2.61. The van der Waals surface area contributed by atoms with Gasteiger partial charge in [-0.3, -0.25) is 5.41 Å². The van der Waals surface area contributed by atoms with Crippen molar-refractivity contribution in [2.24, 2.45) is 10.9 Å². The molecule has 1 aromatic rings. The number of phenols is 1. The summed E-state index contributed by atoms with van der Waals surface area (Å²) in [6, 6.07) is 3.81. The van der Waals surface area contributed by atoms with Crippen molar-refractivity contribution in [2.75, 3.05) is 0 Å². The number of hydrogen-bond acceptors (Lipinski definition) is 4. The number of nitrogens with one attached hydrogen (secondary N) is 1. The predicted octanol–water partition coefficient (Wildman–Crippen LogP) is -0.676. The Morgan fingerprint density at radius 1 is 1.43 bits per heavy atom. The van der Waals surface area contributed by atoms with E-state index in [1.165, 1.54) is 12.1 Å². The summed E-state index contributed by atoms with van der Waals surface area (Å²) in [6.45, 7) is 0. The Morgan fingerprint density at radius 2 is 2.00 bits per heavy atom. The molecule has 0 amide bonds. The van der Waals surface area contributed by atoms with Crippen LogP contribution in [0.3, 0.4) is 0 Å². The Balaban J connectivity index is 3.51. The fraction of sp³-hybridized carbons (Fsp3) is 0. The number of para-hydroxylation sites is 1. The van der Waals surface area contributed by atoms with Crippen LogP contribution in [0.5, 0.6) is 5.75 Å². The summed E-state index contributed by atoms with van der Waals surface area (Å²) >= 11 is 0. The molecule has 14 heavy (non-hydrogen) atoms. The average Bonchev–Trinajstić information content (AvgIpc) is 2.01. The molecule has 1 rings (SSSR count). The van der Waals surface area contributed by atoms with Gasteiger partial charge in [-0.1, -0.05) is 6.07 Å². The highest BCUT2D eigenvalue weighted by molar-refractivity contribution is 7.89. The van der Waals surface area contributed by atoms with E-state index in [2.05, 4.69) is 0 Å². The van der Waals surface area contributed by atoms with E-state index in [-0.39, 0.29) is 5.56 Å². The lowest BCUT2D eigenvalue weighted by molar-refractivity contribution is 0.457. The normalized spacial score (nSPS) is 11.2. The number of amidine groups is 1. The first-order valence-corrected chi connectivity index (χ1v) is 5.08. The van der Waals surface area contributed by atoms with Crippen molar-refractivity contribution in [1.29, 1.82) is 5.41 Å². The lowest BCUT2D eigenvalue weighted by Gasteiger charge is -2.05. The molecule has 0 unspecified atom stereocenters. The van der Waals surface area contributed by atoms with Crippen LogP contribution in [0.4, 0.5) is 0 Å². The standard InChI is InChI=1S/C7H9N3O3S/c8-7(9)4-2-1-3-5(6(4)11)14(10,12)13/h1-3,11H,(H3,8,9)(H2,10,12,13). The van der Waals surface area contributed by atoms with Crippen LogP contribution >= 0.6 is 0 Å². The first-order chi connectivity index (χ1) is 6.34. The van der Waals surface area contributed by atoms with Crippen LogP contribution in [0.2, 0.25) is 0 Å². The average molecular weight is 215 g/mol. The van der Waals surface area contributed by atoms with Gasteiger partial charge in [-0.05, 0) is 12.1 Å². The first-order valence-electron chi connectivity index (χ1n) is 3.53. The van der Waals surface area contributed by atoms with Crippen LogP contribution in [0.1, 0.15) is 5.56 Å². The largest absolute Gasteiger partial charge is 0.506 e. The number of rotatable bonds is 2. The molecule has 7 heteroatoms. The Morgan fingerprint density at radius 3 is 2.43 bits per heavy atom. The Labute approximate surface area is 80.7 Å². The van der Waals surface area contributed by atoms with Gasteiger partial charge in [0.25, 0.3) is 0 Å². The lowest BCUT2D eigenvalue weighted by atomic mass is 10.2. The number of sulfonamides is 1. The van der Waals surface area contributed by atoms with Crippen molar-refractivity contribution in [3.8, 4) is 5.75 Å². The topological polar surface area (TPSA) is 130 Å². The zero-order valence-electron chi connectivity index (χ0n) is 7.06. The summed E-state index contributed by atoms with van der Waals surface area (Å²) in [4.78, 5) is -0.440. The molecule has 0 bridgehead atoms. The van der Waals surface area contributed by atoms with E-state index < -0.39 is 26.5 Å². The monoisotopic (exact) mass is 215 g/mol. The Bertz CT molecular complexity index is 481. The van der Waals surface area contributed by atoms with Gasteiger partial charge >= 0.3 is 0 Å². The van der Waals surface area contributed by atoms with E-state index in [1.807, 2.05) is 0 Å². The van der Waals surface area contributed by atoms with Gasteiger partial charge < -0.3 is 10.8 Å². The highest BCUT2D eigenvalue weighted by atomic mass is 32.2. The molecule has 0 heterocycles. The quantitative estimate of drug-likeness (QED) is 0.384. The van der Waals surface area contributed by atoms with Crippen LogP contribution in [0.25, 0.3) is 0 Å². The van der Waals surface area contributed by atoms with Crippen LogP contribution < -0.4 is 10.9 Å². The molecule has 0 aliphatic heterocycles. The molecule has 0 spiro atoms. The first kappa shape index (κ1) is 10.5. The van der Waals surface area contributed by atoms with Gasteiger partial charge in [0.05, 0.1) is 5.56 Å². The second kappa shape index (κ2) is 3.28. The number of aromatic hydroxyl groups is 1. The van der Waals surface area contributed by atoms with Crippen molar-refractivity contribution in [2.45, 2.75) is 4.90 Å². The van der Waals surface area contributed by atoms with E-state index in [9.17, 15) is 13.5 Å². The van der Waals surface area contributed by atoms with Gasteiger partial charge in [0, 0.05) is 0 Å². The Hall–Kier alpha value is -1.60. The van der Waals surface area contributed by atoms with Crippen molar-refractivity contribution in [3.05, 3.63) is 23.8 Å². The molecule has 0 aromatic heterocycles. The second-order valence-corrected chi connectivity index (χ2v) is 4.14. The summed E-state index contributed by atoms with van der Waals surface area (Å²) in [6.07, 6.45) is 0. The van der Waals surface area contributed by atoms with E-state index in [4.69, 9.17) is 16.3 Å². The molecule has 0 radical (unpaired) electrons. The van der Waals surface area contributed by atoms with Crippen LogP contribution in [0, 0.1) is 5.41 Å². The third kappa shape index (κ3) is 1.83. The number of benzene rings is 1. The van der Waals surface area contributed by atoms with Crippen molar-refractivity contribution in [3.63, 3.8) is 0 Å². The SMILES string of the molecule is N=C(N)c1cccc(S(N)(=O)=O)c1O.